The van der Waals surface area contributed by atoms with Gasteiger partial charge in [0, 0.05) is 17.2 Å². The SMILES string of the molecule is CC(C)(C)c1cc(NC(=O)Nc2ccc3ccccc3c2)no1. The molecule has 0 aliphatic rings. The number of benzene rings is 2. The maximum absolute atomic E-state index is 12.1. The summed E-state index contributed by atoms with van der Waals surface area (Å²) in [6.07, 6.45) is 0. The fraction of sp³-hybridized carbons (Fsp3) is 0.222. The highest BCUT2D eigenvalue weighted by molar-refractivity contribution is 6.00. The lowest BCUT2D eigenvalue weighted by Crippen LogP contribution is -2.19. The van der Waals surface area contributed by atoms with Gasteiger partial charge in [0.1, 0.15) is 5.76 Å². The van der Waals surface area contributed by atoms with Gasteiger partial charge in [-0.1, -0.05) is 56.3 Å². The zero-order valence-corrected chi connectivity index (χ0v) is 13.4. The van der Waals surface area contributed by atoms with Crippen molar-refractivity contribution in [3.8, 4) is 0 Å². The van der Waals surface area contributed by atoms with E-state index in [9.17, 15) is 4.79 Å². The first-order chi connectivity index (χ1) is 10.9. The highest BCUT2D eigenvalue weighted by Gasteiger charge is 2.20. The number of hydrogen-bond acceptors (Lipinski definition) is 3. The molecule has 5 nitrogen and oxygen atoms in total. The van der Waals surface area contributed by atoms with Crippen molar-refractivity contribution in [3.63, 3.8) is 0 Å². The molecule has 0 aliphatic carbocycles. The second kappa shape index (κ2) is 5.76. The third kappa shape index (κ3) is 3.51. The summed E-state index contributed by atoms with van der Waals surface area (Å²) in [6.45, 7) is 6.06. The van der Waals surface area contributed by atoms with E-state index in [1.165, 1.54) is 0 Å². The van der Waals surface area contributed by atoms with E-state index >= 15 is 0 Å². The molecule has 1 aromatic heterocycles. The fourth-order valence-electron chi connectivity index (χ4n) is 2.23. The Kier molecular flexibility index (Phi) is 3.78. The summed E-state index contributed by atoms with van der Waals surface area (Å²) in [4.78, 5) is 12.1. The first-order valence-corrected chi connectivity index (χ1v) is 7.46. The quantitative estimate of drug-likeness (QED) is 0.716. The zero-order valence-electron chi connectivity index (χ0n) is 13.4. The van der Waals surface area contributed by atoms with Crippen LogP contribution < -0.4 is 10.6 Å². The molecule has 1 heterocycles. The van der Waals surface area contributed by atoms with Crippen molar-refractivity contribution in [2.45, 2.75) is 26.2 Å². The number of nitrogens with one attached hydrogen (secondary N) is 2. The molecule has 3 aromatic rings. The standard InChI is InChI=1S/C18H19N3O2/c1-18(2,3)15-11-16(21-23-15)20-17(22)19-14-9-8-12-6-4-5-7-13(12)10-14/h4-11H,1-3H3,(H2,19,20,21,22). The first-order valence-electron chi connectivity index (χ1n) is 7.46. The number of rotatable bonds is 2. The van der Waals surface area contributed by atoms with Gasteiger partial charge in [-0.15, -0.1) is 0 Å². The Morgan fingerprint density at radius 1 is 1.00 bits per heavy atom. The van der Waals surface area contributed by atoms with E-state index in [2.05, 4.69) is 15.8 Å². The zero-order chi connectivity index (χ0) is 16.4. The molecule has 2 amide bonds. The van der Waals surface area contributed by atoms with Crippen molar-refractivity contribution in [2.24, 2.45) is 0 Å². The van der Waals surface area contributed by atoms with Crippen LogP contribution >= 0.6 is 0 Å². The van der Waals surface area contributed by atoms with Crippen molar-refractivity contribution in [1.29, 1.82) is 0 Å². The van der Waals surface area contributed by atoms with Gasteiger partial charge < -0.3 is 9.84 Å². The molecule has 0 saturated carbocycles. The number of fused-ring (bicyclic) bond motifs is 1. The Morgan fingerprint density at radius 3 is 2.43 bits per heavy atom. The van der Waals surface area contributed by atoms with Crippen molar-refractivity contribution >= 4 is 28.3 Å². The van der Waals surface area contributed by atoms with Crippen LogP contribution in [0.5, 0.6) is 0 Å². The number of amides is 2. The minimum atomic E-state index is -0.353. The molecule has 0 spiro atoms. The Bertz CT molecular complexity index is 847. The molecule has 118 valence electrons. The topological polar surface area (TPSA) is 67.2 Å². The number of aromatic nitrogens is 1. The maximum Gasteiger partial charge on any atom is 0.324 e. The monoisotopic (exact) mass is 309 g/mol. The average molecular weight is 309 g/mol. The Hall–Kier alpha value is -2.82. The molecular weight excluding hydrogens is 290 g/mol. The summed E-state index contributed by atoms with van der Waals surface area (Å²) in [5.41, 5.74) is 0.572. The van der Waals surface area contributed by atoms with Crippen molar-refractivity contribution in [3.05, 3.63) is 54.3 Å². The lowest BCUT2D eigenvalue weighted by Gasteiger charge is -2.12. The van der Waals surface area contributed by atoms with Gasteiger partial charge in [0.2, 0.25) is 0 Å². The van der Waals surface area contributed by atoms with E-state index in [1.807, 2.05) is 63.2 Å². The van der Waals surface area contributed by atoms with Crippen LogP contribution in [0.3, 0.4) is 0 Å². The molecule has 5 heteroatoms. The summed E-state index contributed by atoms with van der Waals surface area (Å²) in [7, 11) is 0. The Labute approximate surface area is 134 Å². The number of nitrogens with zero attached hydrogens (tertiary/aromatic N) is 1. The predicted octanol–water partition coefficient (Wildman–Crippen LogP) is 4.77. The van der Waals surface area contributed by atoms with Crippen LogP contribution in [0, 0.1) is 0 Å². The molecule has 0 saturated heterocycles. The highest BCUT2D eigenvalue weighted by Crippen LogP contribution is 2.24. The molecule has 3 rings (SSSR count). The second-order valence-corrected chi connectivity index (χ2v) is 6.47. The van der Waals surface area contributed by atoms with Gasteiger partial charge in [-0.2, -0.15) is 0 Å². The molecular formula is C18H19N3O2. The van der Waals surface area contributed by atoms with Crippen LogP contribution in [-0.2, 0) is 5.41 Å². The third-order valence-electron chi connectivity index (χ3n) is 3.50. The largest absolute Gasteiger partial charge is 0.359 e. The van der Waals surface area contributed by atoms with Crippen molar-refractivity contribution in [1.82, 2.24) is 5.16 Å². The van der Waals surface area contributed by atoms with Gasteiger partial charge in [-0.05, 0) is 22.9 Å². The van der Waals surface area contributed by atoms with E-state index in [4.69, 9.17) is 4.52 Å². The number of hydrogen-bond donors (Lipinski definition) is 2. The van der Waals surface area contributed by atoms with Crippen LogP contribution in [0.4, 0.5) is 16.3 Å². The minimum Gasteiger partial charge on any atom is -0.359 e. The van der Waals surface area contributed by atoms with Crippen molar-refractivity contribution < 1.29 is 9.32 Å². The van der Waals surface area contributed by atoms with Gasteiger partial charge in [0.05, 0.1) is 0 Å². The number of carbonyl (C=O) groups is 1. The molecule has 2 N–H and O–H groups in total. The normalized spacial score (nSPS) is 11.4. The summed E-state index contributed by atoms with van der Waals surface area (Å²) in [5.74, 6) is 1.12. The van der Waals surface area contributed by atoms with Crippen LogP contribution in [0.25, 0.3) is 10.8 Å². The van der Waals surface area contributed by atoms with Crippen LogP contribution in [0.1, 0.15) is 26.5 Å². The summed E-state index contributed by atoms with van der Waals surface area (Å²) >= 11 is 0. The van der Waals surface area contributed by atoms with E-state index in [1.54, 1.807) is 6.07 Å². The van der Waals surface area contributed by atoms with Gasteiger partial charge >= 0.3 is 6.03 Å². The average Bonchev–Trinajstić information content (AvgIpc) is 2.95. The Morgan fingerprint density at radius 2 is 1.74 bits per heavy atom. The number of urea groups is 1. The molecule has 0 unspecified atom stereocenters. The highest BCUT2D eigenvalue weighted by atomic mass is 16.5. The third-order valence-corrected chi connectivity index (χ3v) is 3.50. The van der Waals surface area contributed by atoms with E-state index in [0.717, 1.165) is 22.2 Å². The molecule has 23 heavy (non-hydrogen) atoms. The van der Waals surface area contributed by atoms with Crippen LogP contribution in [0.15, 0.2) is 53.1 Å². The van der Waals surface area contributed by atoms with Gasteiger partial charge in [-0.25, -0.2) is 4.79 Å². The molecule has 0 bridgehead atoms. The van der Waals surface area contributed by atoms with Crippen LogP contribution in [0.2, 0.25) is 0 Å². The molecule has 0 radical (unpaired) electrons. The molecule has 2 aromatic carbocycles. The summed E-state index contributed by atoms with van der Waals surface area (Å²) in [5, 5.41) is 11.5. The fourth-order valence-corrected chi connectivity index (χ4v) is 2.23. The van der Waals surface area contributed by atoms with E-state index in [0.29, 0.717) is 5.82 Å². The Balaban J connectivity index is 1.69. The van der Waals surface area contributed by atoms with E-state index in [-0.39, 0.29) is 11.4 Å². The molecule has 0 atom stereocenters. The smallest absolute Gasteiger partial charge is 0.324 e. The lowest BCUT2D eigenvalue weighted by molar-refractivity contribution is 0.262. The van der Waals surface area contributed by atoms with Gasteiger partial charge in [0.15, 0.2) is 5.82 Å². The summed E-state index contributed by atoms with van der Waals surface area (Å²) in [6, 6.07) is 15.1. The summed E-state index contributed by atoms with van der Waals surface area (Å²) < 4.78 is 5.25. The van der Waals surface area contributed by atoms with Crippen LogP contribution in [-0.4, -0.2) is 11.2 Å². The first kappa shape index (κ1) is 15.1. The second-order valence-electron chi connectivity index (χ2n) is 6.47. The van der Waals surface area contributed by atoms with Crippen molar-refractivity contribution in [2.75, 3.05) is 10.6 Å². The molecule has 0 fully saturated rings. The lowest BCUT2D eigenvalue weighted by atomic mass is 9.93. The minimum absolute atomic E-state index is 0.151. The number of anilines is 2. The molecule has 0 aliphatic heterocycles. The maximum atomic E-state index is 12.1. The van der Waals surface area contributed by atoms with Gasteiger partial charge in [0.25, 0.3) is 0 Å². The predicted molar refractivity (Wildman–Crippen MR) is 91.8 cm³/mol. The number of carbonyl (C=O) groups excluding carboxylic acids is 1. The van der Waals surface area contributed by atoms with E-state index < -0.39 is 0 Å². The van der Waals surface area contributed by atoms with Gasteiger partial charge in [-0.3, -0.25) is 5.32 Å².